The Balaban J connectivity index is 2.08. The number of halogens is 1. The summed E-state index contributed by atoms with van der Waals surface area (Å²) in [7, 11) is 1.55. The molecule has 0 fully saturated rings. The predicted octanol–water partition coefficient (Wildman–Crippen LogP) is 3.07. The zero-order chi connectivity index (χ0) is 15.9. The minimum Gasteiger partial charge on any atom is -0.493 e. The number of amides is 1. The van der Waals surface area contributed by atoms with Crippen molar-refractivity contribution in [2.45, 2.75) is 13.5 Å². The van der Waals surface area contributed by atoms with Gasteiger partial charge in [-0.15, -0.1) is 0 Å². The number of hydrogen-bond donors (Lipinski definition) is 1. The van der Waals surface area contributed by atoms with Gasteiger partial charge in [0.15, 0.2) is 0 Å². The third-order valence-corrected chi connectivity index (χ3v) is 3.28. The summed E-state index contributed by atoms with van der Waals surface area (Å²) in [5, 5.41) is 3.17. The van der Waals surface area contributed by atoms with Crippen LogP contribution >= 0.6 is 11.6 Å². The maximum absolute atomic E-state index is 12.3. The van der Waals surface area contributed by atoms with Crippen LogP contribution in [0.4, 0.5) is 0 Å². The molecule has 2 aromatic rings. The summed E-state index contributed by atoms with van der Waals surface area (Å²) in [6, 6.07) is 8.70. The highest BCUT2D eigenvalue weighted by Crippen LogP contribution is 2.26. The van der Waals surface area contributed by atoms with Crippen LogP contribution in [-0.4, -0.2) is 24.6 Å². The van der Waals surface area contributed by atoms with Crippen LogP contribution in [0.2, 0.25) is 5.02 Å². The molecule has 0 unspecified atom stereocenters. The summed E-state index contributed by atoms with van der Waals surface area (Å²) in [6.45, 7) is 2.65. The van der Waals surface area contributed by atoms with Crippen molar-refractivity contribution in [3.8, 4) is 11.6 Å². The average molecular weight is 321 g/mol. The number of aromatic nitrogens is 1. The number of hydrogen-bond acceptors (Lipinski definition) is 4. The summed E-state index contributed by atoms with van der Waals surface area (Å²) in [5.41, 5.74) is 1.20. The second-order valence-corrected chi connectivity index (χ2v) is 4.84. The Morgan fingerprint density at radius 2 is 2.14 bits per heavy atom. The van der Waals surface area contributed by atoms with Crippen LogP contribution in [0.15, 0.2) is 36.5 Å². The molecular weight excluding hydrogens is 304 g/mol. The minimum absolute atomic E-state index is 0.287. The lowest BCUT2D eigenvalue weighted by Crippen LogP contribution is -2.24. The molecule has 0 bridgehead atoms. The van der Waals surface area contributed by atoms with Crippen LogP contribution in [0.25, 0.3) is 0 Å². The minimum atomic E-state index is -0.287. The summed E-state index contributed by atoms with van der Waals surface area (Å²) in [5.74, 6) is 0.713. The van der Waals surface area contributed by atoms with Crippen LogP contribution in [-0.2, 0) is 6.54 Å². The summed E-state index contributed by atoms with van der Waals surface area (Å²) < 4.78 is 10.4. The van der Waals surface area contributed by atoms with Gasteiger partial charge in [-0.25, -0.2) is 4.98 Å². The monoisotopic (exact) mass is 320 g/mol. The zero-order valence-corrected chi connectivity index (χ0v) is 13.2. The highest BCUT2D eigenvalue weighted by Gasteiger charge is 2.16. The lowest BCUT2D eigenvalue weighted by molar-refractivity contribution is 0.0947. The van der Waals surface area contributed by atoms with Gasteiger partial charge in [0, 0.05) is 18.8 Å². The van der Waals surface area contributed by atoms with Crippen molar-refractivity contribution >= 4 is 17.5 Å². The standard InChI is InChI=1S/C16H17ClN2O3/c1-3-22-13-6-4-5-12(17)15(13)16(20)19-10-11-7-8-14(21-2)18-9-11/h4-9H,3,10H2,1-2H3,(H,19,20). The molecule has 0 saturated carbocycles. The van der Waals surface area contributed by atoms with Crippen molar-refractivity contribution in [3.63, 3.8) is 0 Å². The van der Waals surface area contributed by atoms with Gasteiger partial charge in [0.25, 0.3) is 5.91 Å². The molecule has 22 heavy (non-hydrogen) atoms. The van der Waals surface area contributed by atoms with E-state index < -0.39 is 0 Å². The van der Waals surface area contributed by atoms with Crippen LogP contribution in [0.5, 0.6) is 11.6 Å². The molecule has 1 amide bonds. The highest BCUT2D eigenvalue weighted by molar-refractivity contribution is 6.34. The van der Waals surface area contributed by atoms with Crippen molar-refractivity contribution < 1.29 is 14.3 Å². The van der Waals surface area contributed by atoms with E-state index >= 15 is 0 Å². The molecule has 0 aliphatic carbocycles. The van der Waals surface area contributed by atoms with Crippen LogP contribution < -0.4 is 14.8 Å². The highest BCUT2D eigenvalue weighted by atomic mass is 35.5. The number of ether oxygens (including phenoxy) is 2. The van der Waals surface area contributed by atoms with Gasteiger partial charge in [0.1, 0.15) is 5.75 Å². The molecule has 1 aromatic heterocycles. The first-order valence-electron chi connectivity index (χ1n) is 6.84. The molecule has 1 aromatic carbocycles. The number of nitrogens with one attached hydrogen (secondary N) is 1. The zero-order valence-electron chi connectivity index (χ0n) is 12.4. The fourth-order valence-corrected chi connectivity index (χ4v) is 2.16. The van der Waals surface area contributed by atoms with Crippen molar-refractivity contribution in [2.75, 3.05) is 13.7 Å². The molecule has 0 spiro atoms. The van der Waals surface area contributed by atoms with Gasteiger partial charge in [0.05, 0.1) is 24.3 Å². The first-order valence-corrected chi connectivity index (χ1v) is 7.22. The summed E-state index contributed by atoms with van der Waals surface area (Å²) >= 11 is 6.11. The number of carbonyl (C=O) groups is 1. The van der Waals surface area contributed by atoms with Crippen LogP contribution in [0, 0.1) is 0 Å². The molecule has 6 heteroatoms. The van der Waals surface area contributed by atoms with E-state index in [1.54, 1.807) is 37.6 Å². The van der Waals surface area contributed by atoms with E-state index in [2.05, 4.69) is 10.3 Å². The number of rotatable bonds is 6. The first kappa shape index (κ1) is 16.1. The van der Waals surface area contributed by atoms with Gasteiger partial charge in [-0.1, -0.05) is 23.7 Å². The lowest BCUT2D eigenvalue weighted by Gasteiger charge is -2.12. The van der Waals surface area contributed by atoms with Crippen molar-refractivity contribution in [2.24, 2.45) is 0 Å². The molecule has 0 aliphatic heterocycles. The van der Waals surface area contributed by atoms with E-state index in [-0.39, 0.29) is 5.91 Å². The largest absolute Gasteiger partial charge is 0.493 e. The van der Waals surface area contributed by atoms with Gasteiger partial charge >= 0.3 is 0 Å². The van der Waals surface area contributed by atoms with Gasteiger partial charge < -0.3 is 14.8 Å². The average Bonchev–Trinajstić information content (AvgIpc) is 2.53. The Kier molecular flexibility index (Phi) is 5.61. The van der Waals surface area contributed by atoms with E-state index in [4.69, 9.17) is 21.1 Å². The topological polar surface area (TPSA) is 60.5 Å². The molecule has 5 nitrogen and oxygen atoms in total. The molecule has 0 aliphatic rings. The molecule has 0 atom stereocenters. The number of pyridine rings is 1. The Hall–Kier alpha value is -2.27. The van der Waals surface area contributed by atoms with Gasteiger partial charge in [-0.2, -0.15) is 0 Å². The summed E-state index contributed by atoms with van der Waals surface area (Å²) in [4.78, 5) is 16.4. The second-order valence-electron chi connectivity index (χ2n) is 4.44. The number of carbonyl (C=O) groups excluding carboxylic acids is 1. The first-order chi connectivity index (χ1) is 10.7. The number of nitrogens with zero attached hydrogens (tertiary/aromatic N) is 1. The van der Waals surface area contributed by atoms with E-state index in [0.29, 0.717) is 35.4 Å². The van der Waals surface area contributed by atoms with E-state index in [1.807, 2.05) is 13.0 Å². The molecule has 0 radical (unpaired) electrons. The smallest absolute Gasteiger partial charge is 0.256 e. The van der Waals surface area contributed by atoms with E-state index in [9.17, 15) is 4.79 Å². The van der Waals surface area contributed by atoms with Crippen LogP contribution in [0.1, 0.15) is 22.8 Å². The van der Waals surface area contributed by atoms with E-state index in [0.717, 1.165) is 5.56 Å². The lowest BCUT2D eigenvalue weighted by atomic mass is 10.1. The maximum atomic E-state index is 12.3. The molecule has 1 heterocycles. The molecular formula is C16H17ClN2O3. The Bertz CT molecular complexity index is 644. The molecule has 1 N–H and O–H groups in total. The number of methoxy groups -OCH3 is 1. The van der Waals surface area contributed by atoms with Crippen molar-refractivity contribution in [3.05, 3.63) is 52.7 Å². The molecule has 116 valence electrons. The van der Waals surface area contributed by atoms with Crippen molar-refractivity contribution in [1.82, 2.24) is 10.3 Å². The second kappa shape index (κ2) is 7.66. The Morgan fingerprint density at radius 3 is 2.77 bits per heavy atom. The number of benzene rings is 1. The van der Waals surface area contributed by atoms with Gasteiger partial charge in [0.2, 0.25) is 5.88 Å². The molecule has 2 rings (SSSR count). The third kappa shape index (κ3) is 3.89. The van der Waals surface area contributed by atoms with Crippen molar-refractivity contribution in [1.29, 1.82) is 0 Å². The Morgan fingerprint density at radius 1 is 1.32 bits per heavy atom. The SMILES string of the molecule is CCOc1cccc(Cl)c1C(=O)NCc1ccc(OC)nc1. The third-order valence-electron chi connectivity index (χ3n) is 2.96. The maximum Gasteiger partial charge on any atom is 0.256 e. The summed E-state index contributed by atoms with van der Waals surface area (Å²) in [6.07, 6.45) is 1.65. The fourth-order valence-electron chi connectivity index (χ4n) is 1.91. The predicted molar refractivity (Wildman–Crippen MR) is 84.6 cm³/mol. The van der Waals surface area contributed by atoms with Crippen LogP contribution in [0.3, 0.4) is 0 Å². The Labute approximate surface area is 134 Å². The fraction of sp³-hybridized carbons (Fsp3) is 0.250. The van der Waals surface area contributed by atoms with E-state index in [1.165, 1.54) is 0 Å². The normalized spacial score (nSPS) is 10.1. The van der Waals surface area contributed by atoms with Gasteiger partial charge in [-0.3, -0.25) is 4.79 Å². The molecule has 0 saturated heterocycles. The quantitative estimate of drug-likeness (QED) is 0.888. The van der Waals surface area contributed by atoms with Gasteiger partial charge in [-0.05, 0) is 24.6 Å².